The Bertz CT molecular complexity index is 618. The van der Waals surface area contributed by atoms with Gasteiger partial charge in [0.15, 0.2) is 0 Å². The summed E-state index contributed by atoms with van der Waals surface area (Å²) in [6.07, 6.45) is 3.12. The van der Waals surface area contributed by atoms with Crippen LogP contribution in [0.5, 0.6) is 0 Å². The van der Waals surface area contributed by atoms with Crippen molar-refractivity contribution in [1.82, 2.24) is 9.62 Å². The summed E-state index contributed by atoms with van der Waals surface area (Å²) < 4.78 is 27.2. The standard InChI is InChI=1S/C14H19ClN2O2S/c1-10-8-11(15)2-5-14(10)20(18,19)17-7-6-12-3-4-13(9-17)16-12/h2,5,8,12-13,16H,3-4,6-7,9H2,1H3. The summed E-state index contributed by atoms with van der Waals surface area (Å²) in [5.74, 6) is 0. The number of rotatable bonds is 2. The van der Waals surface area contributed by atoms with Crippen LogP contribution in [0.2, 0.25) is 5.02 Å². The number of nitrogens with one attached hydrogen (secondary N) is 1. The van der Waals surface area contributed by atoms with Crippen LogP contribution >= 0.6 is 11.6 Å². The number of benzene rings is 1. The van der Waals surface area contributed by atoms with Gasteiger partial charge >= 0.3 is 0 Å². The molecule has 4 nitrogen and oxygen atoms in total. The van der Waals surface area contributed by atoms with E-state index in [4.69, 9.17) is 11.6 Å². The molecular weight excluding hydrogens is 296 g/mol. The smallest absolute Gasteiger partial charge is 0.243 e. The molecule has 0 amide bonds. The van der Waals surface area contributed by atoms with E-state index in [0.29, 0.717) is 40.7 Å². The average Bonchev–Trinajstić information content (AvgIpc) is 2.67. The fraction of sp³-hybridized carbons (Fsp3) is 0.571. The first-order chi connectivity index (χ1) is 9.46. The van der Waals surface area contributed by atoms with E-state index in [-0.39, 0.29) is 0 Å². The van der Waals surface area contributed by atoms with Crippen molar-refractivity contribution in [2.24, 2.45) is 0 Å². The molecule has 2 fully saturated rings. The number of hydrogen-bond donors (Lipinski definition) is 1. The van der Waals surface area contributed by atoms with Crippen molar-refractivity contribution < 1.29 is 8.42 Å². The van der Waals surface area contributed by atoms with Crippen molar-refractivity contribution in [2.75, 3.05) is 13.1 Å². The highest BCUT2D eigenvalue weighted by atomic mass is 35.5. The molecule has 2 aliphatic rings. The summed E-state index contributed by atoms with van der Waals surface area (Å²) in [6.45, 7) is 2.96. The van der Waals surface area contributed by atoms with E-state index < -0.39 is 10.0 Å². The van der Waals surface area contributed by atoms with Crippen molar-refractivity contribution in [1.29, 1.82) is 0 Å². The maximum absolute atomic E-state index is 12.8. The van der Waals surface area contributed by atoms with E-state index in [1.807, 2.05) is 0 Å². The molecule has 110 valence electrons. The minimum Gasteiger partial charge on any atom is -0.310 e. The van der Waals surface area contributed by atoms with Gasteiger partial charge in [0.05, 0.1) is 4.90 Å². The molecule has 6 heteroatoms. The van der Waals surface area contributed by atoms with Gasteiger partial charge in [-0.2, -0.15) is 4.31 Å². The zero-order valence-electron chi connectivity index (χ0n) is 11.5. The number of sulfonamides is 1. The quantitative estimate of drug-likeness (QED) is 0.910. The van der Waals surface area contributed by atoms with Crippen LogP contribution < -0.4 is 5.32 Å². The SMILES string of the molecule is Cc1cc(Cl)ccc1S(=O)(=O)N1CCC2CCC(C1)N2. The Labute approximate surface area is 125 Å². The first-order valence-electron chi connectivity index (χ1n) is 6.99. The van der Waals surface area contributed by atoms with Crippen LogP contribution in [0.1, 0.15) is 24.8 Å². The molecule has 0 aromatic heterocycles. The van der Waals surface area contributed by atoms with E-state index in [1.165, 1.54) is 6.42 Å². The second kappa shape index (κ2) is 5.30. The van der Waals surface area contributed by atoms with Gasteiger partial charge < -0.3 is 5.32 Å². The monoisotopic (exact) mass is 314 g/mol. The Morgan fingerprint density at radius 1 is 1.25 bits per heavy atom. The Balaban J connectivity index is 1.91. The Morgan fingerprint density at radius 3 is 2.75 bits per heavy atom. The fourth-order valence-electron chi connectivity index (χ4n) is 3.17. The third kappa shape index (κ3) is 2.60. The predicted molar refractivity (Wildman–Crippen MR) is 79.5 cm³/mol. The molecule has 2 unspecified atom stereocenters. The van der Waals surface area contributed by atoms with E-state index in [0.717, 1.165) is 12.8 Å². The van der Waals surface area contributed by atoms with Gasteiger partial charge in [-0.15, -0.1) is 0 Å². The first kappa shape index (κ1) is 14.3. The molecule has 3 rings (SSSR count). The van der Waals surface area contributed by atoms with Gasteiger partial charge in [0, 0.05) is 30.2 Å². The van der Waals surface area contributed by atoms with Crippen LogP contribution in [0, 0.1) is 6.92 Å². The Hall–Kier alpha value is -0.620. The molecule has 0 radical (unpaired) electrons. The van der Waals surface area contributed by atoms with Crippen molar-refractivity contribution in [3.8, 4) is 0 Å². The number of hydrogen-bond acceptors (Lipinski definition) is 3. The van der Waals surface area contributed by atoms with Gasteiger partial charge in [-0.1, -0.05) is 11.6 Å². The zero-order valence-corrected chi connectivity index (χ0v) is 13.0. The molecule has 20 heavy (non-hydrogen) atoms. The highest BCUT2D eigenvalue weighted by Gasteiger charge is 2.35. The van der Waals surface area contributed by atoms with Gasteiger partial charge in [0.1, 0.15) is 0 Å². The van der Waals surface area contributed by atoms with Crippen LogP contribution in [0.25, 0.3) is 0 Å². The lowest BCUT2D eigenvalue weighted by molar-refractivity contribution is 0.383. The van der Waals surface area contributed by atoms with Gasteiger partial charge in [-0.3, -0.25) is 0 Å². The molecule has 2 heterocycles. The van der Waals surface area contributed by atoms with E-state index in [2.05, 4.69) is 5.32 Å². The average molecular weight is 315 g/mol. The number of nitrogens with zero attached hydrogens (tertiary/aromatic N) is 1. The summed E-state index contributed by atoms with van der Waals surface area (Å²) in [6, 6.07) is 5.74. The largest absolute Gasteiger partial charge is 0.310 e. The Morgan fingerprint density at radius 2 is 2.00 bits per heavy atom. The van der Waals surface area contributed by atoms with Crippen molar-refractivity contribution in [3.05, 3.63) is 28.8 Å². The van der Waals surface area contributed by atoms with Crippen molar-refractivity contribution >= 4 is 21.6 Å². The van der Waals surface area contributed by atoms with Crippen LogP contribution in [-0.4, -0.2) is 37.9 Å². The normalized spacial score (nSPS) is 27.5. The number of aryl methyl sites for hydroxylation is 1. The third-order valence-electron chi connectivity index (χ3n) is 4.24. The van der Waals surface area contributed by atoms with Gasteiger partial charge in [0.25, 0.3) is 0 Å². The van der Waals surface area contributed by atoms with Crippen LogP contribution in [-0.2, 0) is 10.0 Å². The van der Waals surface area contributed by atoms with E-state index >= 15 is 0 Å². The number of fused-ring (bicyclic) bond motifs is 2. The predicted octanol–water partition coefficient (Wildman–Crippen LogP) is 2.16. The summed E-state index contributed by atoms with van der Waals surface area (Å²) in [5, 5.41) is 4.07. The maximum atomic E-state index is 12.8. The molecule has 1 N–H and O–H groups in total. The lowest BCUT2D eigenvalue weighted by Gasteiger charge is -2.24. The molecule has 0 saturated carbocycles. The third-order valence-corrected chi connectivity index (χ3v) is 6.50. The zero-order chi connectivity index (χ0) is 14.3. The molecule has 2 bridgehead atoms. The molecule has 1 aromatic carbocycles. The Kier molecular flexibility index (Phi) is 3.79. The minimum atomic E-state index is -3.42. The minimum absolute atomic E-state index is 0.296. The maximum Gasteiger partial charge on any atom is 0.243 e. The topological polar surface area (TPSA) is 49.4 Å². The second-order valence-corrected chi connectivity index (χ2v) is 8.04. The molecule has 2 atom stereocenters. The lowest BCUT2D eigenvalue weighted by atomic mass is 10.1. The van der Waals surface area contributed by atoms with Gasteiger partial charge in [-0.25, -0.2) is 8.42 Å². The molecule has 1 aromatic rings. The van der Waals surface area contributed by atoms with Gasteiger partial charge in [0.2, 0.25) is 10.0 Å². The van der Waals surface area contributed by atoms with Crippen LogP contribution in [0.15, 0.2) is 23.1 Å². The summed E-state index contributed by atoms with van der Waals surface area (Å²) >= 11 is 5.91. The fourth-order valence-corrected chi connectivity index (χ4v) is 5.10. The van der Waals surface area contributed by atoms with Crippen LogP contribution in [0.4, 0.5) is 0 Å². The first-order valence-corrected chi connectivity index (χ1v) is 8.81. The van der Waals surface area contributed by atoms with Gasteiger partial charge in [-0.05, 0) is 49.9 Å². The number of halogens is 1. The van der Waals surface area contributed by atoms with E-state index in [9.17, 15) is 8.42 Å². The summed E-state index contributed by atoms with van der Waals surface area (Å²) in [4.78, 5) is 0.375. The van der Waals surface area contributed by atoms with Crippen LogP contribution in [0.3, 0.4) is 0 Å². The highest BCUT2D eigenvalue weighted by Crippen LogP contribution is 2.27. The molecule has 2 saturated heterocycles. The summed E-state index contributed by atoms with van der Waals surface area (Å²) in [7, 11) is -3.42. The summed E-state index contributed by atoms with van der Waals surface area (Å²) in [5.41, 5.74) is 0.708. The molecule has 0 spiro atoms. The second-order valence-electron chi connectivity index (χ2n) is 5.70. The molecule has 2 aliphatic heterocycles. The van der Waals surface area contributed by atoms with E-state index in [1.54, 1.807) is 29.4 Å². The van der Waals surface area contributed by atoms with Crippen molar-refractivity contribution in [3.63, 3.8) is 0 Å². The lowest BCUT2D eigenvalue weighted by Crippen LogP contribution is -2.39. The van der Waals surface area contributed by atoms with Crippen molar-refractivity contribution in [2.45, 2.75) is 43.2 Å². The highest BCUT2D eigenvalue weighted by molar-refractivity contribution is 7.89. The molecular formula is C14H19ClN2O2S. The molecule has 0 aliphatic carbocycles.